The number of amides is 1. The van der Waals surface area contributed by atoms with E-state index < -0.39 is 10.0 Å². The molecule has 0 unspecified atom stereocenters. The first-order chi connectivity index (χ1) is 12.3. The van der Waals surface area contributed by atoms with Crippen LogP contribution in [-0.4, -0.2) is 20.9 Å². The van der Waals surface area contributed by atoms with Crippen molar-refractivity contribution >= 4 is 21.6 Å². The Labute approximate surface area is 155 Å². The number of rotatable bonds is 5. The summed E-state index contributed by atoms with van der Waals surface area (Å²) in [5.74, 6) is 0.0799. The summed E-state index contributed by atoms with van der Waals surface area (Å²) in [5.41, 5.74) is 2.64. The van der Waals surface area contributed by atoms with Crippen molar-refractivity contribution in [2.45, 2.75) is 38.1 Å². The monoisotopic (exact) mass is 372 g/mol. The van der Waals surface area contributed by atoms with Crippen molar-refractivity contribution < 1.29 is 13.2 Å². The van der Waals surface area contributed by atoms with Gasteiger partial charge in [0.25, 0.3) is 0 Å². The molecular weight excluding hydrogens is 348 g/mol. The molecule has 1 N–H and O–H groups in total. The van der Waals surface area contributed by atoms with Crippen LogP contribution in [0, 0.1) is 5.92 Å². The molecule has 2 aromatic rings. The topological polar surface area (TPSA) is 66.5 Å². The molecule has 3 rings (SSSR count). The number of carbonyl (C=O) groups is 1. The molecule has 1 atom stereocenters. The minimum absolute atomic E-state index is 0.0265. The number of sulfonamides is 1. The molecule has 1 heterocycles. The van der Waals surface area contributed by atoms with Gasteiger partial charge in [-0.2, -0.15) is 0 Å². The summed E-state index contributed by atoms with van der Waals surface area (Å²) in [6.07, 6.45) is 0.671. The quantitative estimate of drug-likeness (QED) is 0.876. The fourth-order valence-electron chi connectivity index (χ4n) is 3.36. The van der Waals surface area contributed by atoms with E-state index in [2.05, 4.69) is 4.72 Å². The Kier molecular flexibility index (Phi) is 5.16. The van der Waals surface area contributed by atoms with Crippen LogP contribution in [0.25, 0.3) is 0 Å². The highest BCUT2D eigenvalue weighted by atomic mass is 32.2. The maximum atomic E-state index is 12.9. The molecule has 5 nitrogen and oxygen atoms in total. The van der Waals surface area contributed by atoms with Crippen LogP contribution in [-0.2, 0) is 21.2 Å². The van der Waals surface area contributed by atoms with Gasteiger partial charge in [0.1, 0.15) is 0 Å². The second kappa shape index (κ2) is 7.21. The van der Waals surface area contributed by atoms with E-state index in [1.807, 2.05) is 44.2 Å². The summed E-state index contributed by atoms with van der Waals surface area (Å²) in [7, 11) is -3.67. The molecule has 0 radical (unpaired) electrons. The SMILES string of the molecule is CC(=O)N1CCc2cc(S(=O)(=O)N[C@@H](c3ccccc3)C(C)C)ccc21. The van der Waals surface area contributed by atoms with Crippen molar-refractivity contribution in [1.82, 2.24) is 4.72 Å². The summed E-state index contributed by atoms with van der Waals surface area (Å²) in [6, 6.07) is 14.3. The first kappa shape index (κ1) is 18.6. The number of nitrogens with zero attached hydrogens (tertiary/aromatic N) is 1. The average molecular weight is 372 g/mol. The third kappa shape index (κ3) is 3.66. The van der Waals surface area contributed by atoms with E-state index >= 15 is 0 Å². The normalized spacial score (nSPS) is 15.2. The van der Waals surface area contributed by atoms with Crippen LogP contribution in [0.1, 0.15) is 37.9 Å². The number of anilines is 1. The van der Waals surface area contributed by atoms with E-state index in [0.29, 0.717) is 13.0 Å². The van der Waals surface area contributed by atoms with Gasteiger partial charge in [-0.3, -0.25) is 4.79 Å². The molecule has 0 aliphatic carbocycles. The molecule has 26 heavy (non-hydrogen) atoms. The molecule has 1 amide bonds. The lowest BCUT2D eigenvalue weighted by Gasteiger charge is -2.23. The smallest absolute Gasteiger partial charge is 0.241 e. The zero-order chi connectivity index (χ0) is 18.9. The zero-order valence-electron chi connectivity index (χ0n) is 15.3. The Hall–Kier alpha value is -2.18. The van der Waals surface area contributed by atoms with Crippen LogP contribution in [0.3, 0.4) is 0 Å². The lowest BCUT2D eigenvalue weighted by molar-refractivity contribution is -0.116. The Morgan fingerprint density at radius 3 is 2.42 bits per heavy atom. The first-order valence-corrected chi connectivity index (χ1v) is 10.3. The van der Waals surface area contributed by atoms with Crippen LogP contribution in [0.15, 0.2) is 53.4 Å². The second-order valence-electron chi connectivity index (χ2n) is 6.96. The highest BCUT2D eigenvalue weighted by Gasteiger charge is 2.27. The molecule has 1 aliphatic rings. The molecular formula is C20H24N2O3S. The van der Waals surface area contributed by atoms with Crippen LogP contribution in [0.4, 0.5) is 5.69 Å². The van der Waals surface area contributed by atoms with E-state index in [1.165, 1.54) is 6.92 Å². The standard InChI is InChI=1S/C20H24N2O3S/c1-14(2)20(16-7-5-4-6-8-16)21-26(24,25)18-9-10-19-17(13-18)11-12-22(19)15(3)23/h4-10,13-14,20-21H,11-12H2,1-3H3/t20-/m1/s1. The van der Waals surface area contributed by atoms with E-state index in [9.17, 15) is 13.2 Å². The minimum Gasteiger partial charge on any atom is -0.312 e. The Balaban J connectivity index is 1.90. The molecule has 0 aromatic heterocycles. The van der Waals surface area contributed by atoms with Gasteiger partial charge in [0.15, 0.2) is 0 Å². The molecule has 6 heteroatoms. The fraction of sp³-hybridized carbons (Fsp3) is 0.350. The third-order valence-corrected chi connectivity index (χ3v) is 6.18. The van der Waals surface area contributed by atoms with E-state index in [1.54, 1.807) is 23.1 Å². The van der Waals surface area contributed by atoms with Gasteiger partial charge in [-0.1, -0.05) is 44.2 Å². The molecule has 0 bridgehead atoms. The highest BCUT2D eigenvalue weighted by Crippen LogP contribution is 2.31. The van der Waals surface area contributed by atoms with Gasteiger partial charge in [-0.25, -0.2) is 13.1 Å². The number of hydrogen-bond acceptors (Lipinski definition) is 3. The van der Waals surface area contributed by atoms with Gasteiger partial charge < -0.3 is 4.90 Å². The van der Waals surface area contributed by atoms with Gasteiger partial charge in [0.2, 0.25) is 15.9 Å². The van der Waals surface area contributed by atoms with Crippen LogP contribution >= 0.6 is 0 Å². The predicted octanol–water partition coefficient (Wildman–Crippen LogP) is 3.27. The molecule has 0 saturated heterocycles. The Bertz CT molecular complexity index is 908. The molecule has 0 fully saturated rings. The predicted molar refractivity (Wildman–Crippen MR) is 103 cm³/mol. The number of benzene rings is 2. The van der Waals surface area contributed by atoms with Gasteiger partial charge >= 0.3 is 0 Å². The lowest BCUT2D eigenvalue weighted by Crippen LogP contribution is -2.32. The van der Waals surface area contributed by atoms with Crippen molar-refractivity contribution in [1.29, 1.82) is 0 Å². The van der Waals surface area contributed by atoms with Gasteiger partial charge in [0, 0.05) is 25.2 Å². The Morgan fingerprint density at radius 2 is 1.81 bits per heavy atom. The third-order valence-electron chi connectivity index (χ3n) is 4.74. The van der Waals surface area contributed by atoms with Gasteiger partial charge in [-0.15, -0.1) is 0 Å². The van der Waals surface area contributed by atoms with Crippen molar-refractivity contribution in [2.75, 3.05) is 11.4 Å². The maximum absolute atomic E-state index is 12.9. The van der Waals surface area contributed by atoms with Crippen molar-refractivity contribution in [3.05, 3.63) is 59.7 Å². The van der Waals surface area contributed by atoms with Crippen LogP contribution < -0.4 is 9.62 Å². The van der Waals surface area contributed by atoms with E-state index in [4.69, 9.17) is 0 Å². The summed E-state index contributed by atoms with van der Waals surface area (Å²) in [6.45, 7) is 6.11. The molecule has 1 aliphatic heterocycles. The number of nitrogens with one attached hydrogen (secondary N) is 1. The largest absolute Gasteiger partial charge is 0.312 e. The van der Waals surface area contributed by atoms with E-state index in [-0.39, 0.29) is 22.8 Å². The Morgan fingerprint density at radius 1 is 1.12 bits per heavy atom. The highest BCUT2D eigenvalue weighted by molar-refractivity contribution is 7.89. The summed E-state index contributed by atoms with van der Waals surface area (Å²) in [4.78, 5) is 13.6. The van der Waals surface area contributed by atoms with Gasteiger partial charge in [0.05, 0.1) is 4.90 Å². The van der Waals surface area contributed by atoms with E-state index in [0.717, 1.165) is 16.8 Å². The van der Waals surface area contributed by atoms with Crippen molar-refractivity contribution in [3.63, 3.8) is 0 Å². The number of carbonyl (C=O) groups excluding carboxylic acids is 1. The second-order valence-corrected chi connectivity index (χ2v) is 8.68. The van der Waals surface area contributed by atoms with Crippen molar-refractivity contribution in [2.24, 2.45) is 5.92 Å². The molecule has 2 aromatic carbocycles. The van der Waals surface area contributed by atoms with Gasteiger partial charge in [-0.05, 0) is 41.7 Å². The summed E-state index contributed by atoms with van der Waals surface area (Å²) < 4.78 is 28.7. The molecule has 0 spiro atoms. The summed E-state index contributed by atoms with van der Waals surface area (Å²) in [5, 5.41) is 0. The summed E-state index contributed by atoms with van der Waals surface area (Å²) >= 11 is 0. The van der Waals surface area contributed by atoms with Crippen LogP contribution in [0.2, 0.25) is 0 Å². The lowest BCUT2D eigenvalue weighted by atomic mass is 9.97. The fourth-order valence-corrected chi connectivity index (χ4v) is 4.78. The molecule has 138 valence electrons. The zero-order valence-corrected chi connectivity index (χ0v) is 16.1. The minimum atomic E-state index is -3.67. The molecule has 0 saturated carbocycles. The van der Waals surface area contributed by atoms with Crippen molar-refractivity contribution in [3.8, 4) is 0 Å². The first-order valence-electron chi connectivity index (χ1n) is 8.78. The number of fused-ring (bicyclic) bond motifs is 1. The maximum Gasteiger partial charge on any atom is 0.241 e. The van der Waals surface area contributed by atoms with Crippen LogP contribution in [0.5, 0.6) is 0 Å². The number of hydrogen-bond donors (Lipinski definition) is 1. The average Bonchev–Trinajstić information content (AvgIpc) is 3.03.